The number of nitrogens with one attached hydrogen (secondary N) is 1. The maximum atomic E-state index is 12.5. The average Bonchev–Trinajstić information content (AvgIpc) is 2.97. The smallest absolute Gasteiger partial charge is 0.270 e. The van der Waals surface area contributed by atoms with E-state index in [4.69, 9.17) is 0 Å². The first-order chi connectivity index (χ1) is 9.08. The number of rotatable bonds is 1. The number of hydrogen-bond donors (Lipinski definition) is 1. The second kappa shape index (κ2) is 4.56. The lowest BCUT2D eigenvalue weighted by Gasteiger charge is -2.35. The number of amides is 1. The van der Waals surface area contributed by atoms with E-state index in [1.54, 1.807) is 6.20 Å². The summed E-state index contributed by atoms with van der Waals surface area (Å²) >= 11 is 3.36. The lowest BCUT2D eigenvalue weighted by molar-refractivity contribution is 0.0637. The molecule has 1 N–H and O–H groups in total. The van der Waals surface area contributed by atoms with Crippen LogP contribution in [-0.4, -0.2) is 26.9 Å². The van der Waals surface area contributed by atoms with E-state index in [1.165, 1.54) is 11.4 Å². The normalized spacial score (nSPS) is 18.5. The highest BCUT2D eigenvalue weighted by atomic mass is 79.9. The molecule has 100 valence electrons. The lowest BCUT2D eigenvalue weighted by atomic mass is 10.1. The number of carbonyl (C=O) groups excluding carboxylic acids is 1. The van der Waals surface area contributed by atoms with E-state index in [-0.39, 0.29) is 11.9 Å². The highest BCUT2D eigenvalue weighted by Gasteiger charge is 2.29. The minimum absolute atomic E-state index is 0.0586. The Labute approximate surface area is 120 Å². The Balaban J connectivity index is 1.90. The van der Waals surface area contributed by atoms with Gasteiger partial charge in [-0.05, 0) is 48.0 Å². The number of carbonyl (C=O) groups is 1. The summed E-state index contributed by atoms with van der Waals surface area (Å²) in [4.78, 5) is 17.4. The molecule has 3 heterocycles. The summed E-state index contributed by atoms with van der Waals surface area (Å²) in [5.74, 6) is 0.0586. The van der Waals surface area contributed by atoms with Crippen molar-refractivity contribution in [3.05, 3.63) is 46.0 Å². The van der Waals surface area contributed by atoms with Gasteiger partial charge < -0.3 is 14.5 Å². The van der Waals surface area contributed by atoms with Crippen molar-refractivity contribution in [2.45, 2.75) is 26.4 Å². The molecule has 1 amide bonds. The summed E-state index contributed by atoms with van der Waals surface area (Å²) in [6, 6.07) is 6.17. The summed E-state index contributed by atoms with van der Waals surface area (Å²) < 4.78 is 3.19. The number of hydrogen-bond acceptors (Lipinski definition) is 1. The molecule has 1 atom stereocenters. The molecule has 2 aromatic heterocycles. The van der Waals surface area contributed by atoms with Gasteiger partial charge in [0.2, 0.25) is 0 Å². The molecule has 4 nitrogen and oxygen atoms in total. The summed E-state index contributed by atoms with van der Waals surface area (Å²) in [5, 5.41) is 0. The van der Waals surface area contributed by atoms with Crippen molar-refractivity contribution < 1.29 is 4.79 Å². The van der Waals surface area contributed by atoms with Gasteiger partial charge in [0.15, 0.2) is 0 Å². The third kappa shape index (κ3) is 2.02. The molecule has 0 radical (unpaired) electrons. The van der Waals surface area contributed by atoms with E-state index in [9.17, 15) is 4.79 Å². The molecule has 1 unspecified atom stereocenters. The first-order valence-electron chi connectivity index (χ1n) is 6.39. The molecule has 0 saturated carbocycles. The van der Waals surface area contributed by atoms with Crippen molar-refractivity contribution in [1.29, 1.82) is 0 Å². The second-order valence-corrected chi connectivity index (χ2v) is 5.87. The fraction of sp³-hybridized carbons (Fsp3) is 0.357. The summed E-state index contributed by atoms with van der Waals surface area (Å²) in [6.07, 6.45) is 1.79. The van der Waals surface area contributed by atoms with Crippen LogP contribution in [0, 0.1) is 6.92 Å². The molecular formula is C14H16BrN3O. The third-order valence-corrected chi connectivity index (χ3v) is 4.29. The molecule has 0 spiro atoms. The summed E-state index contributed by atoms with van der Waals surface area (Å²) in [5.41, 5.74) is 3.11. The zero-order chi connectivity index (χ0) is 13.6. The molecule has 3 rings (SSSR count). The number of halogens is 1. The van der Waals surface area contributed by atoms with Gasteiger partial charge in [-0.2, -0.15) is 0 Å². The monoisotopic (exact) mass is 321 g/mol. The van der Waals surface area contributed by atoms with Gasteiger partial charge in [-0.1, -0.05) is 0 Å². The number of aromatic amines is 1. The third-order valence-electron chi connectivity index (χ3n) is 3.83. The molecule has 2 aromatic rings. The van der Waals surface area contributed by atoms with Crippen LogP contribution in [-0.2, 0) is 6.54 Å². The highest BCUT2D eigenvalue weighted by molar-refractivity contribution is 9.10. The van der Waals surface area contributed by atoms with Crippen molar-refractivity contribution in [1.82, 2.24) is 14.5 Å². The van der Waals surface area contributed by atoms with E-state index in [0.717, 1.165) is 17.6 Å². The highest BCUT2D eigenvalue weighted by Crippen LogP contribution is 2.28. The van der Waals surface area contributed by atoms with Crippen molar-refractivity contribution >= 4 is 21.8 Å². The number of fused-ring (bicyclic) bond motifs is 1. The van der Waals surface area contributed by atoms with Crippen LogP contribution in [0.3, 0.4) is 0 Å². The van der Waals surface area contributed by atoms with Crippen molar-refractivity contribution in [2.24, 2.45) is 0 Å². The van der Waals surface area contributed by atoms with Crippen LogP contribution in [0.15, 0.2) is 28.9 Å². The van der Waals surface area contributed by atoms with Crippen LogP contribution in [0.2, 0.25) is 0 Å². The SMILES string of the molecule is Cc1ccc2n1CCN(C(=O)c1cc(Br)c[nH]1)C2C. The van der Waals surface area contributed by atoms with Crippen LogP contribution >= 0.6 is 15.9 Å². The van der Waals surface area contributed by atoms with Crippen LogP contribution < -0.4 is 0 Å². The Morgan fingerprint density at radius 3 is 2.89 bits per heavy atom. The van der Waals surface area contributed by atoms with Crippen molar-refractivity contribution in [2.75, 3.05) is 6.54 Å². The van der Waals surface area contributed by atoms with E-state index >= 15 is 0 Å². The van der Waals surface area contributed by atoms with E-state index in [1.807, 2.05) is 11.0 Å². The molecule has 1 aliphatic rings. The first kappa shape index (κ1) is 12.5. The zero-order valence-electron chi connectivity index (χ0n) is 11.0. The Morgan fingerprint density at radius 1 is 1.42 bits per heavy atom. The molecular weight excluding hydrogens is 306 g/mol. The van der Waals surface area contributed by atoms with Gasteiger partial charge in [-0.25, -0.2) is 0 Å². The van der Waals surface area contributed by atoms with Gasteiger partial charge in [0.05, 0.1) is 6.04 Å². The lowest BCUT2D eigenvalue weighted by Crippen LogP contribution is -2.41. The minimum Gasteiger partial charge on any atom is -0.356 e. The van der Waals surface area contributed by atoms with Gasteiger partial charge in [0.25, 0.3) is 5.91 Å². The number of H-pyrrole nitrogens is 1. The van der Waals surface area contributed by atoms with Crippen LogP contribution in [0.4, 0.5) is 0 Å². The molecule has 0 aromatic carbocycles. The summed E-state index contributed by atoms with van der Waals surface area (Å²) in [7, 11) is 0. The maximum absolute atomic E-state index is 12.5. The average molecular weight is 322 g/mol. The molecule has 0 bridgehead atoms. The number of aryl methyl sites for hydroxylation is 1. The Kier molecular flexibility index (Phi) is 3.01. The molecule has 19 heavy (non-hydrogen) atoms. The first-order valence-corrected chi connectivity index (χ1v) is 7.18. The van der Waals surface area contributed by atoms with Crippen LogP contribution in [0.1, 0.15) is 34.8 Å². The topological polar surface area (TPSA) is 41.0 Å². The molecule has 5 heteroatoms. The van der Waals surface area contributed by atoms with Gasteiger partial charge in [0.1, 0.15) is 5.69 Å². The Bertz CT molecular complexity index is 628. The van der Waals surface area contributed by atoms with Gasteiger partial charge in [-0.3, -0.25) is 4.79 Å². The quantitative estimate of drug-likeness (QED) is 0.861. The zero-order valence-corrected chi connectivity index (χ0v) is 12.6. The van der Waals surface area contributed by atoms with E-state index < -0.39 is 0 Å². The number of nitrogens with zero attached hydrogens (tertiary/aromatic N) is 2. The predicted octanol–water partition coefficient (Wildman–Crippen LogP) is 3.10. The van der Waals surface area contributed by atoms with Gasteiger partial charge >= 0.3 is 0 Å². The van der Waals surface area contributed by atoms with E-state index in [2.05, 4.69) is 51.5 Å². The molecule has 0 aliphatic carbocycles. The standard InChI is InChI=1S/C14H16BrN3O/c1-9-3-4-13-10(2)18(6-5-17(9)13)14(19)12-7-11(15)8-16-12/h3-4,7-8,10,16H,5-6H2,1-2H3. The second-order valence-electron chi connectivity index (χ2n) is 4.96. The van der Waals surface area contributed by atoms with Gasteiger partial charge in [0, 0.05) is 35.1 Å². The molecule has 1 aliphatic heterocycles. The minimum atomic E-state index is 0.0586. The van der Waals surface area contributed by atoms with E-state index in [0.29, 0.717) is 5.69 Å². The van der Waals surface area contributed by atoms with Gasteiger partial charge in [-0.15, -0.1) is 0 Å². The predicted molar refractivity (Wildman–Crippen MR) is 77.1 cm³/mol. The van der Waals surface area contributed by atoms with Crippen molar-refractivity contribution in [3.8, 4) is 0 Å². The molecule has 0 saturated heterocycles. The largest absolute Gasteiger partial charge is 0.356 e. The van der Waals surface area contributed by atoms with Crippen LogP contribution in [0.5, 0.6) is 0 Å². The summed E-state index contributed by atoms with van der Waals surface area (Å²) in [6.45, 7) is 5.81. The van der Waals surface area contributed by atoms with Crippen molar-refractivity contribution in [3.63, 3.8) is 0 Å². The number of aromatic nitrogens is 2. The maximum Gasteiger partial charge on any atom is 0.270 e. The van der Waals surface area contributed by atoms with Crippen LogP contribution in [0.25, 0.3) is 0 Å². The fourth-order valence-electron chi connectivity index (χ4n) is 2.74. The fourth-order valence-corrected chi connectivity index (χ4v) is 3.09. The Morgan fingerprint density at radius 2 is 2.21 bits per heavy atom. The molecule has 0 fully saturated rings. The Hall–Kier alpha value is -1.49.